The molecule has 0 saturated carbocycles. The molecule has 0 spiro atoms. The lowest BCUT2D eigenvalue weighted by Crippen LogP contribution is -2.29. The van der Waals surface area contributed by atoms with E-state index in [2.05, 4.69) is 23.6 Å². The van der Waals surface area contributed by atoms with E-state index in [0.29, 0.717) is 12.8 Å². The zero-order valence-corrected chi connectivity index (χ0v) is 33.1. The van der Waals surface area contributed by atoms with Crippen molar-refractivity contribution in [3.63, 3.8) is 0 Å². The number of rotatable bonds is 34. The smallest absolute Gasteiger partial charge is 0.462 e. The van der Waals surface area contributed by atoms with Gasteiger partial charge in [0.2, 0.25) is 0 Å². The molecule has 4 atom stereocenters. The number of carbonyl (C=O) groups excluding carboxylic acids is 2. The predicted molar refractivity (Wildman–Crippen MR) is 211 cm³/mol. The van der Waals surface area contributed by atoms with Crippen LogP contribution < -0.4 is 0 Å². The zero-order chi connectivity index (χ0) is 39.4. The van der Waals surface area contributed by atoms with Crippen molar-refractivity contribution in [3.8, 4) is 0 Å². The van der Waals surface area contributed by atoms with Crippen LogP contribution in [0.25, 0.3) is 0 Å². The van der Waals surface area contributed by atoms with Crippen LogP contribution >= 0.6 is 7.82 Å². The lowest BCUT2D eigenvalue weighted by molar-refractivity contribution is -0.161. The molecule has 0 aromatic carbocycles. The standard InChI is InChI=1S/C41H69O11P/c1-3-5-7-8-9-10-11-12-13-14-15-16-17-22-26-32-41(46)52-37(35-51-53(47,48)49)34-50-40(45)33-27-31-39(44)38(43)30-25-21-19-18-20-24-29-36(42)28-23-6-4-2/h6,10-11,18-21,23-25,29-30,36-39,42-44H,3-5,7-9,12-17,22,26-28,31-35H2,1-2H3,(H2,47,48,49)/b11-10-,20-18+,21-19-,23-6-,29-24+,30-25-/t36-,37-,38+,39+/m1/s1. The van der Waals surface area contributed by atoms with Gasteiger partial charge >= 0.3 is 19.8 Å². The van der Waals surface area contributed by atoms with Crippen LogP contribution in [0.5, 0.6) is 0 Å². The first-order valence-electron chi connectivity index (χ1n) is 19.6. The average molecular weight is 769 g/mol. The van der Waals surface area contributed by atoms with Gasteiger partial charge in [0, 0.05) is 12.8 Å². The van der Waals surface area contributed by atoms with Crippen molar-refractivity contribution in [1.29, 1.82) is 0 Å². The van der Waals surface area contributed by atoms with E-state index in [9.17, 15) is 29.5 Å². The molecule has 5 N–H and O–H groups in total. The van der Waals surface area contributed by atoms with Gasteiger partial charge in [0.15, 0.2) is 6.10 Å². The predicted octanol–water partition coefficient (Wildman–Crippen LogP) is 8.42. The molecule has 0 rings (SSSR count). The van der Waals surface area contributed by atoms with E-state index < -0.39 is 57.4 Å². The van der Waals surface area contributed by atoms with Gasteiger partial charge < -0.3 is 34.6 Å². The van der Waals surface area contributed by atoms with Crippen LogP contribution in [0.15, 0.2) is 72.9 Å². The van der Waals surface area contributed by atoms with Gasteiger partial charge in [0.05, 0.1) is 24.9 Å². The Morgan fingerprint density at radius 1 is 0.642 bits per heavy atom. The Labute approximate surface area is 318 Å². The number of phosphoric ester groups is 1. The van der Waals surface area contributed by atoms with Crippen LogP contribution in [0.1, 0.15) is 136 Å². The van der Waals surface area contributed by atoms with Crippen molar-refractivity contribution >= 4 is 19.8 Å². The van der Waals surface area contributed by atoms with E-state index in [0.717, 1.165) is 38.5 Å². The summed E-state index contributed by atoms with van der Waals surface area (Å²) in [6.07, 6.45) is 34.3. The van der Waals surface area contributed by atoms with Crippen LogP contribution in [0.4, 0.5) is 0 Å². The minimum absolute atomic E-state index is 0.0921. The molecule has 0 aliphatic carbocycles. The lowest BCUT2D eigenvalue weighted by atomic mass is 10.1. The van der Waals surface area contributed by atoms with Crippen LogP contribution in [0.3, 0.4) is 0 Å². The van der Waals surface area contributed by atoms with Crippen molar-refractivity contribution < 1.29 is 53.3 Å². The van der Waals surface area contributed by atoms with E-state index in [4.69, 9.17) is 19.3 Å². The third-order valence-corrected chi connectivity index (χ3v) is 8.54. The molecular formula is C41H69O11P. The van der Waals surface area contributed by atoms with E-state index >= 15 is 0 Å². The molecule has 0 fully saturated rings. The van der Waals surface area contributed by atoms with Crippen molar-refractivity contribution in [1.82, 2.24) is 0 Å². The second-order valence-corrected chi connectivity index (χ2v) is 14.3. The first-order chi connectivity index (χ1) is 25.5. The van der Waals surface area contributed by atoms with Gasteiger partial charge in [-0.15, -0.1) is 0 Å². The summed E-state index contributed by atoms with van der Waals surface area (Å²) >= 11 is 0. The van der Waals surface area contributed by atoms with E-state index in [1.165, 1.54) is 51.0 Å². The summed E-state index contributed by atoms with van der Waals surface area (Å²) in [6.45, 7) is 3.16. The Morgan fingerprint density at radius 2 is 1.21 bits per heavy atom. The summed E-state index contributed by atoms with van der Waals surface area (Å²) in [4.78, 5) is 42.8. The normalized spacial score (nSPS) is 15.1. The van der Waals surface area contributed by atoms with Gasteiger partial charge in [-0.2, -0.15) is 0 Å². The molecule has 11 nitrogen and oxygen atoms in total. The fraction of sp³-hybridized carbons (Fsp3) is 0.659. The van der Waals surface area contributed by atoms with E-state index in [1.807, 2.05) is 19.1 Å². The molecule has 0 radical (unpaired) electrons. The Kier molecular flexibility index (Phi) is 33.4. The quantitative estimate of drug-likeness (QED) is 0.0139. The topological polar surface area (TPSA) is 180 Å². The summed E-state index contributed by atoms with van der Waals surface area (Å²) < 4.78 is 26.1. The third-order valence-electron chi connectivity index (χ3n) is 8.05. The molecular weight excluding hydrogens is 699 g/mol. The number of hydrogen-bond acceptors (Lipinski definition) is 9. The van der Waals surface area contributed by atoms with Gasteiger partial charge in [0.1, 0.15) is 6.61 Å². The second kappa shape index (κ2) is 35.1. The summed E-state index contributed by atoms with van der Waals surface area (Å²) in [5, 5.41) is 30.2. The van der Waals surface area contributed by atoms with Gasteiger partial charge in [-0.3, -0.25) is 14.1 Å². The maximum Gasteiger partial charge on any atom is 0.469 e. The van der Waals surface area contributed by atoms with Crippen molar-refractivity contribution in [2.24, 2.45) is 0 Å². The monoisotopic (exact) mass is 768 g/mol. The highest BCUT2D eigenvalue weighted by atomic mass is 31.2. The molecule has 0 aliphatic rings. The molecule has 0 unspecified atom stereocenters. The summed E-state index contributed by atoms with van der Waals surface area (Å²) in [5.41, 5.74) is 0. The summed E-state index contributed by atoms with van der Waals surface area (Å²) in [5.74, 6) is -1.23. The Bertz CT molecular complexity index is 1140. The van der Waals surface area contributed by atoms with E-state index in [1.54, 1.807) is 42.5 Å². The number of hydrogen-bond donors (Lipinski definition) is 5. The second-order valence-electron chi connectivity index (χ2n) is 13.1. The SMILES string of the molecule is CC/C=C\C[C@@H](O)/C=C/C=C/C=C\C=C/[C@H](O)[C@@H](O)CCCC(=O)OC[C@H](COP(=O)(O)O)OC(=O)CCCCCCCCC/C=C\CCCCCC. The number of aliphatic hydroxyl groups excluding tert-OH is 3. The number of unbranched alkanes of at least 4 members (excludes halogenated alkanes) is 11. The third kappa shape index (κ3) is 36.1. The maximum absolute atomic E-state index is 12.4. The van der Waals surface area contributed by atoms with Crippen molar-refractivity contribution in [2.75, 3.05) is 13.2 Å². The molecule has 0 aliphatic heterocycles. The molecule has 0 aromatic heterocycles. The van der Waals surface area contributed by atoms with Gasteiger partial charge in [-0.05, 0) is 57.8 Å². The summed E-state index contributed by atoms with van der Waals surface area (Å²) in [6, 6.07) is 0. The number of esters is 2. The minimum Gasteiger partial charge on any atom is -0.462 e. The Hall–Kier alpha value is -2.63. The van der Waals surface area contributed by atoms with Crippen molar-refractivity contribution in [3.05, 3.63) is 72.9 Å². The molecule has 304 valence electrons. The Balaban J connectivity index is 4.32. The van der Waals surface area contributed by atoms with Gasteiger partial charge in [-0.1, -0.05) is 138 Å². The highest BCUT2D eigenvalue weighted by molar-refractivity contribution is 7.46. The highest BCUT2D eigenvalue weighted by Gasteiger charge is 2.23. The molecule has 53 heavy (non-hydrogen) atoms. The zero-order valence-electron chi connectivity index (χ0n) is 32.2. The Morgan fingerprint density at radius 3 is 1.83 bits per heavy atom. The highest BCUT2D eigenvalue weighted by Crippen LogP contribution is 2.36. The number of carbonyl (C=O) groups is 2. The maximum atomic E-state index is 12.4. The minimum atomic E-state index is -4.84. The fourth-order valence-electron chi connectivity index (χ4n) is 5.00. The van der Waals surface area contributed by atoms with Gasteiger partial charge in [-0.25, -0.2) is 4.57 Å². The van der Waals surface area contributed by atoms with Crippen LogP contribution in [-0.4, -0.2) is 74.7 Å². The van der Waals surface area contributed by atoms with Crippen LogP contribution in [0, 0.1) is 0 Å². The molecule has 12 heteroatoms. The summed E-state index contributed by atoms with van der Waals surface area (Å²) in [7, 11) is -4.84. The molecule has 0 amide bonds. The molecule has 0 bridgehead atoms. The van der Waals surface area contributed by atoms with Crippen LogP contribution in [-0.2, 0) is 28.2 Å². The first-order valence-corrected chi connectivity index (χ1v) is 21.1. The van der Waals surface area contributed by atoms with Crippen LogP contribution in [0.2, 0.25) is 0 Å². The van der Waals surface area contributed by atoms with Crippen molar-refractivity contribution in [2.45, 2.75) is 160 Å². The average Bonchev–Trinajstić information content (AvgIpc) is 3.11. The largest absolute Gasteiger partial charge is 0.469 e. The van der Waals surface area contributed by atoms with E-state index in [-0.39, 0.29) is 25.7 Å². The first kappa shape index (κ1) is 50.4. The fourth-order valence-corrected chi connectivity index (χ4v) is 5.36. The number of aliphatic hydroxyl groups is 3. The lowest BCUT2D eigenvalue weighted by Gasteiger charge is -2.18. The number of allylic oxidation sites excluding steroid dienone is 9. The number of ether oxygens (including phenoxy) is 2. The molecule has 0 saturated heterocycles. The van der Waals surface area contributed by atoms with Gasteiger partial charge in [0.25, 0.3) is 0 Å². The molecule has 0 heterocycles. The number of phosphoric acid groups is 1. The molecule has 0 aromatic rings.